The van der Waals surface area contributed by atoms with Gasteiger partial charge in [0, 0.05) is 11.0 Å². The van der Waals surface area contributed by atoms with Crippen molar-refractivity contribution in [1.29, 1.82) is 0 Å². The van der Waals surface area contributed by atoms with E-state index in [1.165, 1.54) is 0 Å². The van der Waals surface area contributed by atoms with Crippen LogP contribution in [0.25, 0.3) is 0 Å². The van der Waals surface area contributed by atoms with Crippen LogP contribution in [0.4, 0.5) is 8.78 Å². The highest BCUT2D eigenvalue weighted by Gasteiger charge is 2.28. The quantitative estimate of drug-likeness (QED) is 0.814. The molecule has 0 aliphatic heterocycles. The second-order valence-corrected chi connectivity index (χ2v) is 7.24. The first-order valence-electron chi connectivity index (χ1n) is 6.20. The molecule has 0 spiro atoms. The summed E-state index contributed by atoms with van der Waals surface area (Å²) in [4.78, 5) is 10.9. The number of sulfonamides is 1. The Labute approximate surface area is 129 Å². The molecule has 1 aromatic rings. The monoisotopic (exact) mass is 382 g/mol. The minimum atomic E-state index is -4.43. The van der Waals surface area contributed by atoms with Gasteiger partial charge in [-0.05, 0) is 34.3 Å². The van der Waals surface area contributed by atoms with Gasteiger partial charge in [0.15, 0.2) is 5.82 Å². The maximum Gasteiger partial charge on any atom is 0.257 e. The van der Waals surface area contributed by atoms with Crippen LogP contribution in [0.1, 0.15) is 29.6 Å². The molecule has 0 heterocycles. The lowest BCUT2D eigenvalue weighted by Crippen LogP contribution is -2.28. The molecule has 1 aromatic carbocycles. The number of nitrogens with one attached hydrogen (secondary N) is 1. The zero-order chi connectivity index (χ0) is 15.8. The number of halogens is 3. The molecule has 2 rings (SSSR count). The molecule has 0 aromatic heterocycles. The number of primary sulfonamides is 1. The minimum absolute atomic E-state index is 0.281. The molecule has 0 unspecified atom stereocenters. The molecule has 0 saturated heterocycles. The summed E-state index contributed by atoms with van der Waals surface area (Å²) in [5, 5.41) is 7.25. The SMILES string of the molecule is NS(=O)(=O)c1c(Br)cc(F)c(C(=O)NCCC2CC2)c1F. The molecule has 0 radical (unpaired) electrons. The van der Waals surface area contributed by atoms with Crippen molar-refractivity contribution in [3.63, 3.8) is 0 Å². The van der Waals surface area contributed by atoms with Crippen molar-refractivity contribution in [2.75, 3.05) is 6.54 Å². The molecule has 1 saturated carbocycles. The van der Waals surface area contributed by atoms with Crippen molar-refractivity contribution in [2.24, 2.45) is 11.1 Å². The van der Waals surface area contributed by atoms with Crippen LogP contribution in [0.2, 0.25) is 0 Å². The van der Waals surface area contributed by atoms with Gasteiger partial charge >= 0.3 is 0 Å². The normalized spacial score (nSPS) is 15.0. The topological polar surface area (TPSA) is 89.3 Å². The van der Waals surface area contributed by atoms with Crippen LogP contribution in [0.5, 0.6) is 0 Å². The molecule has 1 amide bonds. The van der Waals surface area contributed by atoms with Crippen molar-refractivity contribution in [2.45, 2.75) is 24.2 Å². The fourth-order valence-corrected chi connectivity index (χ4v) is 3.66. The van der Waals surface area contributed by atoms with Crippen LogP contribution in [0, 0.1) is 17.6 Å². The molecular formula is C12H13BrF2N2O3S. The van der Waals surface area contributed by atoms with E-state index in [0.29, 0.717) is 12.0 Å². The Morgan fingerprint density at radius 1 is 1.43 bits per heavy atom. The highest BCUT2D eigenvalue weighted by molar-refractivity contribution is 9.10. The fraction of sp³-hybridized carbons (Fsp3) is 0.417. The predicted octanol–water partition coefficient (Wildman–Crippen LogP) is 1.90. The van der Waals surface area contributed by atoms with E-state index >= 15 is 0 Å². The average Bonchev–Trinajstić information content (AvgIpc) is 3.09. The van der Waals surface area contributed by atoms with Gasteiger partial charge in [0.05, 0.1) is 0 Å². The molecule has 1 aliphatic carbocycles. The number of nitrogens with two attached hydrogens (primary N) is 1. The molecule has 21 heavy (non-hydrogen) atoms. The Kier molecular flexibility index (Phi) is 4.64. The highest BCUT2D eigenvalue weighted by atomic mass is 79.9. The third-order valence-electron chi connectivity index (χ3n) is 3.17. The number of carbonyl (C=O) groups is 1. The standard InChI is InChI=1S/C12H13BrF2N2O3S/c13-7-5-8(14)9(10(15)11(7)21(16,19)20)12(18)17-4-3-6-1-2-6/h5-6H,1-4H2,(H,17,18)(H2,16,19,20). The summed E-state index contributed by atoms with van der Waals surface area (Å²) in [6, 6.07) is 0.707. The Hall–Kier alpha value is -1.06. The Bertz CT molecular complexity index is 690. The van der Waals surface area contributed by atoms with Gasteiger partial charge in [-0.1, -0.05) is 12.8 Å². The predicted molar refractivity (Wildman–Crippen MR) is 75.1 cm³/mol. The molecule has 5 nitrogen and oxygen atoms in total. The number of benzene rings is 1. The molecule has 9 heteroatoms. The number of amides is 1. The Balaban J connectivity index is 2.31. The van der Waals surface area contributed by atoms with E-state index < -0.39 is 38.0 Å². The first-order chi connectivity index (χ1) is 9.71. The third kappa shape index (κ3) is 3.78. The average molecular weight is 383 g/mol. The van der Waals surface area contributed by atoms with Crippen LogP contribution in [0.3, 0.4) is 0 Å². The van der Waals surface area contributed by atoms with Gasteiger partial charge in [-0.15, -0.1) is 0 Å². The molecule has 0 bridgehead atoms. The molecular weight excluding hydrogens is 370 g/mol. The van der Waals surface area contributed by atoms with Crippen LogP contribution < -0.4 is 10.5 Å². The summed E-state index contributed by atoms with van der Waals surface area (Å²) in [5.41, 5.74) is -0.946. The van der Waals surface area contributed by atoms with Gasteiger partial charge in [-0.2, -0.15) is 0 Å². The van der Waals surface area contributed by atoms with E-state index in [-0.39, 0.29) is 11.0 Å². The lowest BCUT2D eigenvalue weighted by Gasteiger charge is -2.11. The smallest absolute Gasteiger partial charge is 0.257 e. The summed E-state index contributed by atoms with van der Waals surface area (Å²) < 4.78 is 50.2. The first-order valence-corrected chi connectivity index (χ1v) is 8.54. The van der Waals surface area contributed by atoms with E-state index in [1.54, 1.807) is 0 Å². The van der Waals surface area contributed by atoms with E-state index in [1.807, 2.05) is 0 Å². The molecule has 0 atom stereocenters. The largest absolute Gasteiger partial charge is 0.352 e. The van der Waals surface area contributed by atoms with E-state index in [9.17, 15) is 22.0 Å². The Morgan fingerprint density at radius 3 is 2.57 bits per heavy atom. The van der Waals surface area contributed by atoms with Gasteiger partial charge < -0.3 is 5.32 Å². The summed E-state index contributed by atoms with van der Waals surface area (Å²) in [5.74, 6) is -3.10. The minimum Gasteiger partial charge on any atom is -0.352 e. The molecule has 3 N–H and O–H groups in total. The second kappa shape index (κ2) is 5.98. The van der Waals surface area contributed by atoms with Crippen molar-refractivity contribution in [3.05, 3.63) is 27.7 Å². The zero-order valence-electron chi connectivity index (χ0n) is 10.8. The van der Waals surface area contributed by atoms with Crippen LogP contribution in [-0.4, -0.2) is 20.9 Å². The van der Waals surface area contributed by atoms with Crippen molar-refractivity contribution < 1.29 is 22.0 Å². The van der Waals surface area contributed by atoms with Gasteiger partial charge in [-0.25, -0.2) is 22.3 Å². The molecule has 116 valence electrons. The van der Waals surface area contributed by atoms with Crippen molar-refractivity contribution >= 4 is 31.9 Å². The number of rotatable bonds is 5. The van der Waals surface area contributed by atoms with Crippen LogP contribution in [-0.2, 0) is 10.0 Å². The van der Waals surface area contributed by atoms with Gasteiger partial charge in [0.2, 0.25) is 10.0 Å². The van der Waals surface area contributed by atoms with Gasteiger partial charge in [-0.3, -0.25) is 4.79 Å². The van der Waals surface area contributed by atoms with Gasteiger partial charge in [0.1, 0.15) is 16.3 Å². The number of hydrogen-bond acceptors (Lipinski definition) is 3. The lowest BCUT2D eigenvalue weighted by atomic mass is 10.1. The lowest BCUT2D eigenvalue weighted by molar-refractivity contribution is 0.0943. The van der Waals surface area contributed by atoms with Crippen molar-refractivity contribution in [3.8, 4) is 0 Å². The Morgan fingerprint density at radius 2 is 2.05 bits per heavy atom. The van der Waals surface area contributed by atoms with Crippen LogP contribution in [0.15, 0.2) is 15.4 Å². The van der Waals surface area contributed by atoms with Gasteiger partial charge in [0.25, 0.3) is 5.91 Å². The van der Waals surface area contributed by atoms with E-state index in [0.717, 1.165) is 19.3 Å². The van der Waals surface area contributed by atoms with E-state index in [2.05, 4.69) is 21.2 Å². The maximum atomic E-state index is 14.1. The zero-order valence-corrected chi connectivity index (χ0v) is 13.2. The second-order valence-electron chi connectivity index (χ2n) is 4.89. The van der Waals surface area contributed by atoms with Crippen LogP contribution >= 0.6 is 15.9 Å². The molecule has 1 aliphatic rings. The summed E-state index contributed by atoms with van der Waals surface area (Å²) >= 11 is 2.73. The summed E-state index contributed by atoms with van der Waals surface area (Å²) in [7, 11) is -4.43. The summed E-state index contributed by atoms with van der Waals surface area (Å²) in [6.45, 7) is 0.281. The molecule has 1 fully saturated rings. The van der Waals surface area contributed by atoms with Crippen molar-refractivity contribution in [1.82, 2.24) is 5.32 Å². The third-order valence-corrected chi connectivity index (χ3v) is 5.03. The summed E-state index contributed by atoms with van der Waals surface area (Å²) in [6.07, 6.45) is 2.91. The van der Waals surface area contributed by atoms with E-state index in [4.69, 9.17) is 5.14 Å². The number of carbonyl (C=O) groups excluding carboxylic acids is 1. The highest BCUT2D eigenvalue weighted by Crippen LogP contribution is 2.32. The number of hydrogen-bond donors (Lipinski definition) is 2. The first kappa shape index (κ1) is 16.3. The maximum absolute atomic E-state index is 14.1. The fourth-order valence-electron chi connectivity index (χ4n) is 1.93.